The lowest BCUT2D eigenvalue weighted by Gasteiger charge is -2.53. The van der Waals surface area contributed by atoms with Crippen LogP contribution in [0.4, 0.5) is 0 Å². The Kier molecular flexibility index (Phi) is 3.92. The first-order valence-electron chi connectivity index (χ1n) is 8.00. The molecule has 0 N–H and O–H groups in total. The maximum Gasteiger partial charge on any atom is 0.308 e. The molecule has 0 saturated carbocycles. The van der Waals surface area contributed by atoms with Crippen molar-refractivity contribution < 1.29 is 19.1 Å². The lowest BCUT2D eigenvalue weighted by atomic mass is 9.63. The van der Waals surface area contributed by atoms with Crippen molar-refractivity contribution in [2.75, 3.05) is 13.6 Å². The van der Waals surface area contributed by atoms with Crippen molar-refractivity contribution in [1.29, 1.82) is 0 Å². The van der Waals surface area contributed by atoms with E-state index in [1.165, 1.54) is 19.4 Å². The van der Waals surface area contributed by atoms with Crippen LogP contribution in [-0.2, 0) is 26.2 Å². The van der Waals surface area contributed by atoms with Crippen molar-refractivity contribution >= 4 is 11.9 Å². The second-order valence-electron chi connectivity index (χ2n) is 6.86. The van der Waals surface area contributed by atoms with Gasteiger partial charge in [-0.3, -0.25) is 14.5 Å². The number of ether oxygens (including phenoxy) is 2. The van der Waals surface area contributed by atoms with Crippen molar-refractivity contribution in [3.8, 4) is 5.75 Å². The number of likely N-dealkylation sites (tertiary alicyclic amines) is 1. The van der Waals surface area contributed by atoms with E-state index in [4.69, 9.17) is 9.47 Å². The molecule has 0 aromatic heterocycles. The number of hydrogen-bond acceptors (Lipinski definition) is 5. The Morgan fingerprint density at radius 3 is 2.65 bits per heavy atom. The highest BCUT2D eigenvalue weighted by atomic mass is 16.5. The Morgan fingerprint density at radius 2 is 2.00 bits per heavy atom. The van der Waals surface area contributed by atoms with Gasteiger partial charge >= 0.3 is 11.9 Å². The number of nitrogens with zero attached hydrogens (tertiary/aromatic N) is 1. The van der Waals surface area contributed by atoms with Gasteiger partial charge in [-0.05, 0) is 49.7 Å². The fourth-order valence-electron chi connectivity index (χ4n) is 4.03. The second-order valence-corrected chi connectivity index (χ2v) is 6.86. The Hall–Kier alpha value is -1.88. The number of carbonyl (C=O) groups excluding carboxylic acids is 2. The molecule has 0 amide bonds. The normalized spacial score (nSPS) is 29.6. The Bertz CT molecular complexity index is 656. The van der Waals surface area contributed by atoms with Gasteiger partial charge in [-0.15, -0.1) is 0 Å². The third kappa shape index (κ3) is 2.74. The average Bonchev–Trinajstić information content (AvgIpc) is 2.46. The number of rotatable bonds is 2. The van der Waals surface area contributed by atoms with Crippen molar-refractivity contribution in [2.24, 2.45) is 0 Å². The molecule has 1 aromatic carbocycles. The molecule has 3 rings (SSSR count). The molecule has 5 nitrogen and oxygen atoms in total. The summed E-state index contributed by atoms with van der Waals surface area (Å²) >= 11 is 0. The molecule has 0 unspecified atom stereocenters. The van der Waals surface area contributed by atoms with Crippen LogP contribution in [0.2, 0.25) is 0 Å². The maximum absolute atomic E-state index is 11.6. The number of likely N-dealkylation sites (N-methyl/N-ethyl adjacent to an activating group) is 1. The van der Waals surface area contributed by atoms with Gasteiger partial charge in [0, 0.05) is 19.3 Å². The lowest BCUT2D eigenvalue weighted by molar-refractivity contribution is -0.159. The van der Waals surface area contributed by atoms with Crippen LogP contribution < -0.4 is 4.74 Å². The highest BCUT2D eigenvalue weighted by Gasteiger charge is 2.52. The summed E-state index contributed by atoms with van der Waals surface area (Å²) in [7, 11) is 2.08. The molecule has 124 valence electrons. The second kappa shape index (κ2) is 5.64. The summed E-state index contributed by atoms with van der Waals surface area (Å²) in [6, 6.07) is 5.99. The van der Waals surface area contributed by atoms with Crippen molar-refractivity contribution in [1.82, 2.24) is 4.90 Å². The fourth-order valence-corrected chi connectivity index (χ4v) is 4.03. The minimum absolute atomic E-state index is 0.182. The van der Waals surface area contributed by atoms with E-state index in [0.717, 1.165) is 24.9 Å². The van der Waals surface area contributed by atoms with Gasteiger partial charge in [0.05, 0.1) is 6.04 Å². The first kappa shape index (κ1) is 16.0. The predicted molar refractivity (Wildman–Crippen MR) is 85.4 cm³/mol. The largest absolute Gasteiger partial charge is 0.460 e. The van der Waals surface area contributed by atoms with Gasteiger partial charge in [-0.25, -0.2) is 0 Å². The minimum Gasteiger partial charge on any atom is -0.460 e. The first-order valence-corrected chi connectivity index (χ1v) is 8.00. The first-order chi connectivity index (χ1) is 10.8. The third-order valence-electron chi connectivity index (χ3n) is 5.21. The van der Waals surface area contributed by atoms with Crippen LogP contribution in [0.3, 0.4) is 0 Å². The molecule has 1 fully saturated rings. The molecule has 3 atom stereocenters. The van der Waals surface area contributed by atoms with Gasteiger partial charge < -0.3 is 9.47 Å². The van der Waals surface area contributed by atoms with Crippen LogP contribution in [0.15, 0.2) is 18.2 Å². The van der Waals surface area contributed by atoms with Gasteiger partial charge in [0.2, 0.25) is 0 Å². The Balaban J connectivity index is 2.06. The molecule has 1 aliphatic heterocycles. The van der Waals surface area contributed by atoms with Gasteiger partial charge in [0.1, 0.15) is 11.9 Å². The van der Waals surface area contributed by atoms with Crippen LogP contribution in [0, 0.1) is 0 Å². The summed E-state index contributed by atoms with van der Waals surface area (Å²) in [4.78, 5) is 25.1. The molecular weight excluding hydrogens is 294 g/mol. The van der Waals surface area contributed by atoms with E-state index in [2.05, 4.69) is 18.9 Å². The third-order valence-corrected chi connectivity index (χ3v) is 5.21. The van der Waals surface area contributed by atoms with E-state index < -0.39 is 0 Å². The van der Waals surface area contributed by atoms with E-state index in [9.17, 15) is 9.59 Å². The van der Waals surface area contributed by atoms with Crippen LogP contribution in [-0.4, -0.2) is 42.6 Å². The van der Waals surface area contributed by atoms with Crippen LogP contribution in [0.1, 0.15) is 38.3 Å². The zero-order valence-electron chi connectivity index (χ0n) is 14.1. The molecule has 1 saturated heterocycles. The average molecular weight is 317 g/mol. The molecule has 23 heavy (non-hydrogen) atoms. The maximum atomic E-state index is 11.6. The van der Waals surface area contributed by atoms with Crippen LogP contribution in [0.5, 0.6) is 5.75 Å². The topological polar surface area (TPSA) is 55.8 Å². The molecule has 1 aromatic rings. The van der Waals surface area contributed by atoms with E-state index >= 15 is 0 Å². The molecule has 2 bridgehead atoms. The van der Waals surface area contributed by atoms with E-state index in [-0.39, 0.29) is 29.5 Å². The summed E-state index contributed by atoms with van der Waals surface area (Å²) in [5.74, 6) is -0.0266. The molecule has 1 aliphatic carbocycles. The summed E-state index contributed by atoms with van der Waals surface area (Å²) in [6.45, 7) is 5.96. The summed E-state index contributed by atoms with van der Waals surface area (Å²) in [6.07, 6.45) is 1.55. The van der Waals surface area contributed by atoms with E-state index in [1.54, 1.807) is 0 Å². The number of benzene rings is 1. The zero-order valence-corrected chi connectivity index (χ0v) is 14.1. The minimum atomic E-state index is -0.330. The van der Waals surface area contributed by atoms with Crippen molar-refractivity contribution in [3.63, 3.8) is 0 Å². The van der Waals surface area contributed by atoms with Gasteiger partial charge in [-0.2, -0.15) is 0 Å². The van der Waals surface area contributed by atoms with Crippen LogP contribution >= 0.6 is 0 Å². The fraction of sp³-hybridized carbons (Fsp3) is 0.556. The van der Waals surface area contributed by atoms with Gasteiger partial charge in [0.25, 0.3) is 0 Å². The molecule has 1 heterocycles. The van der Waals surface area contributed by atoms with Crippen LogP contribution in [0.25, 0.3) is 0 Å². The summed E-state index contributed by atoms with van der Waals surface area (Å²) in [5, 5.41) is 0. The summed E-state index contributed by atoms with van der Waals surface area (Å²) in [5.41, 5.74) is 2.11. The van der Waals surface area contributed by atoms with E-state index in [0.29, 0.717) is 5.75 Å². The van der Waals surface area contributed by atoms with Crippen molar-refractivity contribution in [3.05, 3.63) is 29.3 Å². The SMILES string of the molecule is CC(=O)Oc1ccc2c(c1)[C@]1(C)CCN(C)[C@@H](C2)[C@H]1OC(C)=O. The Morgan fingerprint density at radius 1 is 1.26 bits per heavy atom. The van der Waals surface area contributed by atoms with Crippen molar-refractivity contribution in [2.45, 2.75) is 51.2 Å². The molecule has 0 radical (unpaired) electrons. The Labute approximate surface area is 136 Å². The number of hydrogen-bond donors (Lipinski definition) is 0. The number of piperidine rings is 1. The number of esters is 2. The lowest BCUT2D eigenvalue weighted by Crippen LogP contribution is -2.62. The highest BCUT2D eigenvalue weighted by molar-refractivity contribution is 5.69. The molecular formula is C18H23NO4. The standard InChI is InChI=1S/C18H23NO4/c1-11(20)22-14-6-5-13-9-16-17(23-12(2)21)18(3,15(13)10-14)7-8-19(16)4/h5-6,10,16-17H,7-9H2,1-4H3/t16-,17+,18-/m0/s1. The van der Waals surface area contributed by atoms with Gasteiger partial charge in [-0.1, -0.05) is 13.0 Å². The zero-order chi connectivity index (χ0) is 16.8. The van der Waals surface area contributed by atoms with Gasteiger partial charge in [0.15, 0.2) is 0 Å². The number of carbonyl (C=O) groups is 2. The predicted octanol–water partition coefficient (Wildman–Crippen LogP) is 2.06. The highest BCUT2D eigenvalue weighted by Crippen LogP contribution is 2.47. The molecule has 0 spiro atoms. The summed E-state index contributed by atoms with van der Waals surface area (Å²) < 4.78 is 11.0. The van der Waals surface area contributed by atoms with E-state index in [1.807, 2.05) is 18.2 Å². The molecule has 5 heteroatoms. The number of fused-ring (bicyclic) bond motifs is 4. The quantitative estimate of drug-likeness (QED) is 0.617. The molecule has 2 aliphatic rings. The monoisotopic (exact) mass is 317 g/mol. The smallest absolute Gasteiger partial charge is 0.308 e.